The maximum Gasteiger partial charge on any atom is 0.263 e. The number of benzene rings is 1. The van der Waals surface area contributed by atoms with E-state index < -0.39 is 21.4 Å². The number of hydrogen-bond acceptors (Lipinski definition) is 6. The standard InChI is InChI=1S/C22H25Cl2FN4O4S/c1-22(2,33-17-7-6-16(25)19(23)20(17)24)21(30)28-12-9-13-3-4-14(10-12)29(13)18-8-5-15(11-27-18)34(26,31)32/h5-8,11-14H,3-4,9-10H2,1-2H3,(H,28,30)(H2,26,31,32). The van der Waals surface area contributed by atoms with Gasteiger partial charge in [-0.2, -0.15) is 0 Å². The zero-order valence-corrected chi connectivity index (χ0v) is 20.9. The Labute approximate surface area is 207 Å². The van der Waals surface area contributed by atoms with Gasteiger partial charge in [-0.05, 0) is 63.8 Å². The van der Waals surface area contributed by atoms with Crippen LogP contribution in [0.1, 0.15) is 39.5 Å². The Balaban J connectivity index is 1.42. The number of pyridine rings is 1. The van der Waals surface area contributed by atoms with Crippen molar-refractivity contribution < 1.29 is 22.3 Å². The second-order valence-electron chi connectivity index (χ2n) is 9.12. The predicted molar refractivity (Wildman–Crippen MR) is 127 cm³/mol. The molecule has 1 amide bonds. The minimum absolute atomic E-state index is 0.0319. The van der Waals surface area contributed by atoms with Crippen molar-refractivity contribution in [2.24, 2.45) is 5.14 Å². The summed E-state index contributed by atoms with van der Waals surface area (Å²) in [7, 11) is -3.80. The van der Waals surface area contributed by atoms with E-state index in [1.807, 2.05) is 0 Å². The molecule has 184 valence electrons. The Hall–Kier alpha value is -2.14. The van der Waals surface area contributed by atoms with Crippen LogP contribution in [0.25, 0.3) is 0 Å². The molecule has 3 heterocycles. The van der Waals surface area contributed by atoms with E-state index in [0.717, 1.165) is 18.9 Å². The Kier molecular flexibility index (Phi) is 6.71. The lowest BCUT2D eigenvalue weighted by Crippen LogP contribution is -2.55. The third kappa shape index (κ3) is 4.95. The number of nitrogens with two attached hydrogens (primary N) is 1. The minimum Gasteiger partial charge on any atom is -0.476 e. The molecule has 34 heavy (non-hydrogen) atoms. The number of sulfonamides is 1. The normalized spacial score (nSPS) is 22.5. The summed E-state index contributed by atoms with van der Waals surface area (Å²) in [5, 5.41) is 7.88. The second kappa shape index (κ2) is 9.14. The topological polar surface area (TPSA) is 115 Å². The van der Waals surface area contributed by atoms with Gasteiger partial charge in [-0.3, -0.25) is 4.79 Å². The summed E-state index contributed by atoms with van der Waals surface area (Å²) in [5.41, 5.74) is -1.27. The Morgan fingerprint density at radius 2 is 1.82 bits per heavy atom. The van der Waals surface area contributed by atoms with Crippen molar-refractivity contribution in [2.45, 2.75) is 68.2 Å². The molecule has 8 nitrogen and oxygen atoms in total. The highest BCUT2D eigenvalue weighted by molar-refractivity contribution is 7.89. The van der Waals surface area contributed by atoms with Crippen molar-refractivity contribution in [1.82, 2.24) is 10.3 Å². The highest BCUT2D eigenvalue weighted by Gasteiger charge is 2.43. The van der Waals surface area contributed by atoms with E-state index in [2.05, 4.69) is 15.2 Å². The van der Waals surface area contributed by atoms with Gasteiger partial charge in [0, 0.05) is 24.3 Å². The van der Waals surface area contributed by atoms with Gasteiger partial charge in [0.25, 0.3) is 5.91 Å². The molecule has 2 aliphatic heterocycles. The minimum atomic E-state index is -3.80. The Morgan fingerprint density at radius 3 is 2.38 bits per heavy atom. The third-order valence-electron chi connectivity index (χ3n) is 6.29. The molecule has 0 radical (unpaired) electrons. The fourth-order valence-corrected chi connectivity index (χ4v) is 5.44. The highest BCUT2D eigenvalue weighted by atomic mass is 35.5. The summed E-state index contributed by atoms with van der Waals surface area (Å²) in [5.74, 6) is -0.178. The molecular formula is C22H25Cl2FN4O4S. The second-order valence-corrected chi connectivity index (χ2v) is 11.4. The number of fused-ring (bicyclic) bond motifs is 2. The number of rotatable bonds is 6. The van der Waals surface area contributed by atoms with E-state index in [0.29, 0.717) is 18.7 Å². The van der Waals surface area contributed by atoms with Gasteiger partial charge in [0.05, 0.1) is 5.02 Å². The molecule has 2 aromatic rings. The fraction of sp³-hybridized carbons (Fsp3) is 0.455. The lowest BCUT2D eigenvalue weighted by atomic mass is 9.96. The molecule has 0 aliphatic carbocycles. The molecular weight excluding hydrogens is 506 g/mol. The summed E-state index contributed by atoms with van der Waals surface area (Å²) >= 11 is 11.9. The molecule has 4 rings (SSSR count). The largest absolute Gasteiger partial charge is 0.476 e. The van der Waals surface area contributed by atoms with Gasteiger partial charge < -0.3 is 15.0 Å². The first-order valence-corrected chi connectivity index (χ1v) is 13.1. The first-order chi connectivity index (χ1) is 15.9. The molecule has 0 saturated carbocycles. The van der Waals surface area contributed by atoms with Gasteiger partial charge >= 0.3 is 0 Å². The Morgan fingerprint density at radius 1 is 1.18 bits per heavy atom. The monoisotopic (exact) mass is 530 g/mol. The quantitative estimate of drug-likeness (QED) is 0.550. The van der Waals surface area contributed by atoms with Gasteiger partial charge in [0.1, 0.15) is 27.3 Å². The SMILES string of the molecule is CC(C)(Oc1ccc(F)c(Cl)c1Cl)C(=O)NC1CC2CCC(C1)N2c1ccc(S(N)(=O)=O)cn1. The van der Waals surface area contributed by atoms with E-state index in [9.17, 15) is 17.6 Å². The van der Waals surface area contributed by atoms with E-state index in [1.165, 1.54) is 18.3 Å². The fourth-order valence-electron chi connectivity index (χ4n) is 4.63. The van der Waals surface area contributed by atoms with Crippen LogP contribution < -0.4 is 20.1 Å². The predicted octanol–water partition coefficient (Wildman–Crippen LogP) is 3.65. The number of nitrogens with one attached hydrogen (secondary N) is 1. The summed E-state index contributed by atoms with van der Waals surface area (Å²) in [6, 6.07) is 5.84. The van der Waals surface area contributed by atoms with Crippen LogP contribution in [-0.2, 0) is 14.8 Å². The summed E-state index contributed by atoms with van der Waals surface area (Å²) in [4.78, 5) is 19.5. The molecule has 0 spiro atoms. The number of ether oxygens (including phenoxy) is 1. The molecule has 2 aliphatic rings. The van der Waals surface area contributed by atoms with Crippen molar-refractivity contribution in [2.75, 3.05) is 4.90 Å². The number of carbonyl (C=O) groups is 1. The van der Waals surface area contributed by atoms with E-state index in [1.54, 1.807) is 19.9 Å². The molecule has 3 N–H and O–H groups in total. The number of amides is 1. The van der Waals surface area contributed by atoms with Crippen LogP contribution >= 0.6 is 23.2 Å². The van der Waals surface area contributed by atoms with Crippen molar-refractivity contribution in [3.05, 3.63) is 46.3 Å². The molecule has 1 aromatic heterocycles. The highest BCUT2D eigenvalue weighted by Crippen LogP contribution is 2.39. The van der Waals surface area contributed by atoms with Crippen molar-refractivity contribution >= 4 is 45.0 Å². The molecule has 12 heteroatoms. The molecule has 2 bridgehead atoms. The Bertz CT molecular complexity index is 1200. The van der Waals surface area contributed by atoms with Crippen molar-refractivity contribution in [3.63, 3.8) is 0 Å². The average Bonchev–Trinajstić information content (AvgIpc) is 3.04. The van der Waals surface area contributed by atoms with Gasteiger partial charge in [-0.25, -0.2) is 22.9 Å². The number of primary sulfonamides is 1. The summed E-state index contributed by atoms with van der Waals surface area (Å²) in [6.45, 7) is 3.22. The smallest absolute Gasteiger partial charge is 0.263 e. The van der Waals surface area contributed by atoms with Gasteiger partial charge in [0.2, 0.25) is 10.0 Å². The van der Waals surface area contributed by atoms with Crippen LogP contribution in [0.5, 0.6) is 5.75 Å². The summed E-state index contributed by atoms with van der Waals surface area (Å²) in [6.07, 6.45) is 4.57. The van der Waals surface area contributed by atoms with Crippen LogP contribution in [-0.4, -0.2) is 43.0 Å². The maximum absolute atomic E-state index is 13.6. The van der Waals surface area contributed by atoms with Crippen LogP contribution in [0, 0.1) is 5.82 Å². The van der Waals surface area contributed by atoms with Gasteiger partial charge in [-0.15, -0.1) is 0 Å². The molecule has 2 fully saturated rings. The molecule has 1 aromatic carbocycles. The van der Waals surface area contributed by atoms with E-state index in [4.69, 9.17) is 33.1 Å². The van der Waals surface area contributed by atoms with Crippen LogP contribution in [0.2, 0.25) is 10.0 Å². The molecule has 2 saturated heterocycles. The number of nitrogens with zero attached hydrogens (tertiary/aromatic N) is 2. The van der Waals surface area contributed by atoms with Gasteiger partial charge in [-0.1, -0.05) is 23.2 Å². The number of carbonyl (C=O) groups excluding carboxylic acids is 1. The first kappa shape index (κ1) is 25.0. The van der Waals surface area contributed by atoms with Crippen LogP contribution in [0.4, 0.5) is 10.2 Å². The van der Waals surface area contributed by atoms with E-state index in [-0.39, 0.29) is 44.7 Å². The number of anilines is 1. The zero-order valence-electron chi connectivity index (χ0n) is 18.6. The number of aromatic nitrogens is 1. The first-order valence-electron chi connectivity index (χ1n) is 10.8. The van der Waals surface area contributed by atoms with Crippen molar-refractivity contribution in [1.29, 1.82) is 0 Å². The third-order valence-corrected chi connectivity index (χ3v) is 8.03. The zero-order chi connectivity index (χ0) is 24.8. The van der Waals surface area contributed by atoms with Gasteiger partial charge in [0.15, 0.2) is 5.60 Å². The average molecular weight is 531 g/mol. The summed E-state index contributed by atoms with van der Waals surface area (Å²) < 4.78 is 42.4. The number of hydrogen-bond donors (Lipinski definition) is 2. The molecule has 2 atom stereocenters. The van der Waals surface area contributed by atoms with Crippen molar-refractivity contribution in [3.8, 4) is 5.75 Å². The number of piperidine rings is 1. The maximum atomic E-state index is 13.6. The van der Waals surface area contributed by atoms with Crippen LogP contribution in [0.3, 0.4) is 0 Å². The lowest BCUT2D eigenvalue weighted by molar-refractivity contribution is -0.135. The lowest BCUT2D eigenvalue weighted by Gasteiger charge is -2.40. The number of halogens is 3. The van der Waals surface area contributed by atoms with Crippen LogP contribution in [0.15, 0.2) is 35.4 Å². The molecule has 2 unspecified atom stereocenters. The van der Waals surface area contributed by atoms with E-state index >= 15 is 0 Å².